The molecular formula is C24H30ClN3O. The van der Waals surface area contributed by atoms with Crippen LogP contribution in [0.1, 0.15) is 43.7 Å². The second-order valence-electron chi connectivity index (χ2n) is 8.16. The van der Waals surface area contributed by atoms with Gasteiger partial charge in [-0.05, 0) is 42.7 Å². The van der Waals surface area contributed by atoms with Gasteiger partial charge in [-0.15, -0.1) is 0 Å². The molecule has 2 aliphatic rings. The van der Waals surface area contributed by atoms with Crippen LogP contribution in [0.4, 0.5) is 5.69 Å². The van der Waals surface area contributed by atoms with Crippen LogP contribution in [0, 0.1) is 0 Å². The number of hydrogen-bond donors (Lipinski definition) is 1. The molecule has 2 aromatic carbocycles. The first-order chi connectivity index (χ1) is 14.2. The van der Waals surface area contributed by atoms with Crippen LogP contribution < -0.4 is 10.2 Å². The molecule has 1 heterocycles. The minimum Gasteiger partial charge on any atom is -0.369 e. The summed E-state index contributed by atoms with van der Waals surface area (Å²) in [6.45, 7) is 3.57. The van der Waals surface area contributed by atoms with E-state index >= 15 is 0 Å². The Labute approximate surface area is 178 Å². The molecule has 1 aliphatic heterocycles. The normalized spacial score (nSPS) is 19.7. The molecule has 1 unspecified atom stereocenters. The predicted molar refractivity (Wildman–Crippen MR) is 119 cm³/mol. The molecule has 0 radical (unpaired) electrons. The largest absolute Gasteiger partial charge is 0.369 e. The summed E-state index contributed by atoms with van der Waals surface area (Å²) >= 11 is 6.10. The van der Waals surface area contributed by atoms with Crippen molar-refractivity contribution in [3.05, 3.63) is 65.2 Å². The van der Waals surface area contributed by atoms with E-state index in [2.05, 4.69) is 39.4 Å². The smallest absolute Gasteiger partial charge is 0.242 e. The highest BCUT2D eigenvalue weighted by atomic mass is 35.5. The van der Waals surface area contributed by atoms with Crippen LogP contribution in [0.3, 0.4) is 0 Å². The molecule has 5 heteroatoms. The Hall–Kier alpha value is -2.04. The molecule has 154 valence electrons. The van der Waals surface area contributed by atoms with Crippen molar-refractivity contribution in [2.45, 2.75) is 44.2 Å². The summed E-state index contributed by atoms with van der Waals surface area (Å²) in [5, 5.41) is 4.05. The van der Waals surface area contributed by atoms with Crippen molar-refractivity contribution in [1.29, 1.82) is 0 Å². The number of nitrogens with zero attached hydrogens (tertiary/aromatic N) is 2. The number of amides is 1. The molecule has 1 amide bonds. The second-order valence-corrected chi connectivity index (χ2v) is 8.59. The minimum absolute atomic E-state index is 0.132. The summed E-state index contributed by atoms with van der Waals surface area (Å²) < 4.78 is 0. The summed E-state index contributed by atoms with van der Waals surface area (Å²) in [5.41, 5.74) is 2.28. The summed E-state index contributed by atoms with van der Waals surface area (Å²) in [6, 6.07) is 18.3. The third-order valence-electron chi connectivity index (χ3n) is 6.19. The summed E-state index contributed by atoms with van der Waals surface area (Å²) in [5.74, 6) is 0.132. The number of nitrogens with one attached hydrogen (secondary N) is 1. The zero-order valence-electron chi connectivity index (χ0n) is 16.9. The number of anilines is 1. The molecule has 1 saturated carbocycles. The zero-order chi connectivity index (χ0) is 20.1. The molecule has 1 N–H and O–H groups in total. The Morgan fingerprint density at radius 2 is 1.55 bits per heavy atom. The van der Waals surface area contributed by atoms with Crippen LogP contribution in [0.2, 0.25) is 5.02 Å². The van der Waals surface area contributed by atoms with Gasteiger partial charge in [0.25, 0.3) is 0 Å². The number of halogens is 1. The molecule has 29 heavy (non-hydrogen) atoms. The van der Waals surface area contributed by atoms with E-state index in [0.29, 0.717) is 11.1 Å². The van der Waals surface area contributed by atoms with E-state index in [4.69, 9.17) is 11.6 Å². The lowest BCUT2D eigenvalue weighted by atomic mass is 9.94. The van der Waals surface area contributed by atoms with Gasteiger partial charge in [-0.25, -0.2) is 0 Å². The lowest BCUT2D eigenvalue weighted by Gasteiger charge is -2.40. The van der Waals surface area contributed by atoms with Crippen LogP contribution in [-0.4, -0.2) is 43.0 Å². The van der Waals surface area contributed by atoms with Gasteiger partial charge in [0.15, 0.2) is 0 Å². The Bertz CT molecular complexity index is 782. The average molecular weight is 412 g/mol. The molecule has 4 rings (SSSR count). The maximum atomic E-state index is 13.3. The van der Waals surface area contributed by atoms with Crippen molar-refractivity contribution in [2.75, 3.05) is 31.1 Å². The van der Waals surface area contributed by atoms with Gasteiger partial charge in [0.2, 0.25) is 5.91 Å². The molecular weight excluding hydrogens is 382 g/mol. The molecule has 4 nitrogen and oxygen atoms in total. The zero-order valence-corrected chi connectivity index (χ0v) is 17.7. The van der Waals surface area contributed by atoms with Gasteiger partial charge in [0.05, 0.1) is 0 Å². The molecule has 1 atom stereocenters. The van der Waals surface area contributed by atoms with Crippen LogP contribution in [-0.2, 0) is 4.79 Å². The van der Waals surface area contributed by atoms with Crippen molar-refractivity contribution in [2.24, 2.45) is 0 Å². The molecule has 1 aliphatic carbocycles. The topological polar surface area (TPSA) is 35.6 Å². The number of benzene rings is 2. The van der Waals surface area contributed by atoms with Crippen molar-refractivity contribution < 1.29 is 4.79 Å². The lowest BCUT2D eigenvalue weighted by molar-refractivity contribution is -0.127. The van der Waals surface area contributed by atoms with Gasteiger partial charge in [0, 0.05) is 42.9 Å². The third-order valence-corrected chi connectivity index (χ3v) is 6.44. The van der Waals surface area contributed by atoms with Gasteiger partial charge in [0.1, 0.15) is 6.04 Å². The number of hydrogen-bond acceptors (Lipinski definition) is 3. The standard InChI is InChI=1S/C24H30ClN3O/c25-20-13-11-19(12-14-20)23(24(29)26-21-7-3-1-4-8-21)28-17-15-27(16-18-28)22-9-5-2-6-10-22/h2,5-6,9-14,21,23H,1,3-4,7-8,15-18H2,(H,26,29). The van der Waals surface area contributed by atoms with Gasteiger partial charge in [-0.1, -0.05) is 61.2 Å². The van der Waals surface area contributed by atoms with Gasteiger partial charge < -0.3 is 10.2 Å². The first kappa shape index (κ1) is 20.2. The van der Waals surface area contributed by atoms with Gasteiger partial charge >= 0.3 is 0 Å². The van der Waals surface area contributed by atoms with E-state index in [9.17, 15) is 4.79 Å². The highest BCUT2D eigenvalue weighted by Crippen LogP contribution is 2.27. The molecule has 1 saturated heterocycles. The quantitative estimate of drug-likeness (QED) is 0.777. The van der Waals surface area contributed by atoms with E-state index in [1.807, 2.05) is 30.3 Å². The highest BCUT2D eigenvalue weighted by Gasteiger charge is 2.32. The SMILES string of the molecule is O=C(NC1CCCCC1)C(c1ccc(Cl)cc1)N1CCN(c2ccccc2)CC1. The van der Waals surface area contributed by atoms with Crippen LogP contribution in [0.5, 0.6) is 0 Å². The predicted octanol–water partition coefficient (Wildman–Crippen LogP) is 4.65. The Morgan fingerprint density at radius 3 is 2.21 bits per heavy atom. The maximum absolute atomic E-state index is 13.3. The fourth-order valence-electron chi connectivity index (χ4n) is 4.58. The molecule has 0 aromatic heterocycles. The van der Waals surface area contributed by atoms with E-state index < -0.39 is 0 Å². The molecule has 2 aromatic rings. The fourth-order valence-corrected chi connectivity index (χ4v) is 4.70. The van der Waals surface area contributed by atoms with Crippen molar-refractivity contribution >= 4 is 23.2 Å². The second kappa shape index (κ2) is 9.64. The number of carbonyl (C=O) groups excluding carboxylic acids is 1. The van der Waals surface area contributed by atoms with Gasteiger partial charge in [-0.3, -0.25) is 9.69 Å². The lowest BCUT2D eigenvalue weighted by Crippen LogP contribution is -2.52. The van der Waals surface area contributed by atoms with Crippen molar-refractivity contribution in [1.82, 2.24) is 10.2 Å². The Kier molecular flexibility index (Phi) is 6.73. The number of carbonyl (C=O) groups is 1. The van der Waals surface area contributed by atoms with Crippen LogP contribution in [0.15, 0.2) is 54.6 Å². The molecule has 0 bridgehead atoms. The summed E-state index contributed by atoms with van der Waals surface area (Å²) in [7, 11) is 0. The molecule has 2 fully saturated rings. The minimum atomic E-state index is -0.257. The first-order valence-electron chi connectivity index (χ1n) is 10.8. The first-order valence-corrected chi connectivity index (χ1v) is 11.2. The summed E-state index contributed by atoms with van der Waals surface area (Å²) in [6.07, 6.45) is 5.91. The fraction of sp³-hybridized carbons (Fsp3) is 0.458. The van der Waals surface area contributed by atoms with E-state index in [0.717, 1.165) is 44.6 Å². The highest BCUT2D eigenvalue weighted by molar-refractivity contribution is 6.30. The number of piperazine rings is 1. The third kappa shape index (κ3) is 5.12. The van der Waals surface area contributed by atoms with Crippen molar-refractivity contribution in [3.63, 3.8) is 0 Å². The monoisotopic (exact) mass is 411 g/mol. The van der Waals surface area contributed by atoms with Crippen LogP contribution in [0.25, 0.3) is 0 Å². The number of para-hydroxylation sites is 1. The summed E-state index contributed by atoms with van der Waals surface area (Å²) in [4.78, 5) is 18.1. The van der Waals surface area contributed by atoms with Crippen LogP contribution >= 0.6 is 11.6 Å². The van der Waals surface area contributed by atoms with E-state index in [1.165, 1.54) is 24.9 Å². The van der Waals surface area contributed by atoms with Crippen molar-refractivity contribution in [3.8, 4) is 0 Å². The van der Waals surface area contributed by atoms with E-state index in [-0.39, 0.29) is 11.9 Å². The van der Waals surface area contributed by atoms with Gasteiger partial charge in [-0.2, -0.15) is 0 Å². The number of rotatable bonds is 5. The average Bonchev–Trinajstić information content (AvgIpc) is 2.77. The Morgan fingerprint density at radius 1 is 0.897 bits per heavy atom. The maximum Gasteiger partial charge on any atom is 0.242 e. The van der Waals surface area contributed by atoms with E-state index in [1.54, 1.807) is 0 Å². The molecule has 0 spiro atoms. The Balaban J connectivity index is 1.48.